The van der Waals surface area contributed by atoms with Crippen molar-refractivity contribution in [1.82, 2.24) is 10.3 Å². The summed E-state index contributed by atoms with van der Waals surface area (Å²) in [4.78, 5) is 16.1. The molecule has 0 radical (unpaired) electrons. The van der Waals surface area contributed by atoms with Gasteiger partial charge in [0, 0.05) is 22.8 Å². The van der Waals surface area contributed by atoms with Crippen LogP contribution in [0, 0.1) is 0 Å². The molecule has 20 heavy (non-hydrogen) atoms. The number of aromatic nitrogens is 1. The number of hydrogen-bond acceptors (Lipinski definition) is 2. The van der Waals surface area contributed by atoms with Crippen molar-refractivity contribution in [3.63, 3.8) is 0 Å². The van der Waals surface area contributed by atoms with Crippen LogP contribution in [0.5, 0.6) is 0 Å². The van der Waals surface area contributed by atoms with E-state index in [2.05, 4.69) is 26.2 Å². The number of halogens is 2. The number of nitrogens with one attached hydrogen (secondary N) is 1. The molecule has 0 aliphatic carbocycles. The van der Waals surface area contributed by atoms with Crippen molar-refractivity contribution in [1.29, 1.82) is 0 Å². The summed E-state index contributed by atoms with van der Waals surface area (Å²) in [5, 5.41) is 3.67. The number of rotatable bonds is 4. The molecule has 0 bridgehead atoms. The zero-order valence-electron chi connectivity index (χ0n) is 10.9. The Balaban J connectivity index is 1.97. The summed E-state index contributed by atoms with van der Waals surface area (Å²) < 4.78 is 0.646. The molecule has 1 aromatic carbocycles. The minimum absolute atomic E-state index is 0.0212. The van der Waals surface area contributed by atoms with Gasteiger partial charge in [-0.2, -0.15) is 0 Å². The number of amides is 1. The first-order valence-electron chi connectivity index (χ1n) is 6.21. The van der Waals surface area contributed by atoms with E-state index in [4.69, 9.17) is 11.6 Å². The lowest BCUT2D eigenvalue weighted by molar-refractivity contribution is 0.0940. The molecule has 1 unspecified atom stereocenters. The fourth-order valence-electron chi connectivity index (χ4n) is 1.92. The van der Waals surface area contributed by atoms with Crippen LogP contribution in [-0.4, -0.2) is 16.9 Å². The summed E-state index contributed by atoms with van der Waals surface area (Å²) >= 11 is 9.20. The number of carbonyl (C=O) groups excluding carboxylic acids is 1. The predicted molar refractivity (Wildman–Crippen MR) is 84.0 cm³/mol. The normalized spacial score (nSPS) is 11.9. The average Bonchev–Trinajstić information content (AvgIpc) is 2.38. The second-order valence-electron chi connectivity index (χ2n) is 4.58. The minimum atomic E-state index is -0.109. The Labute approximate surface area is 131 Å². The molecule has 0 saturated carbocycles. The van der Waals surface area contributed by atoms with Crippen molar-refractivity contribution in [2.24, 2.45) is 0 Å². The van der Waals surface area contributed by atoms with Crippen LogP contribution in [0.15, 0.2) is 47.2 Å². The SMILES string of the molecule is CC(Cc1cccc(Cl)c1)NC(=O)c1ccnc(Br)c1. The van der Waals surface area contributed by atoms with Crippen molar-refractivity contribution in [2.75, 3.05) is 0 Å². The third kappa shape index (κ3) is 4.32. The molecular weight excluding hydrogens is 340 g/mol. The number of benzene rings is 1. The molecule has 104 valence electrons. The van der Waals surface area contributed by atoms with Gasteiger partial charge in [0.25, 0.3) is 5.91 Å². The van der Waals surface area contributed by atoms with Crippen molar-refractivity contribution in [3.05, 3.63) is 63.3 Å². The van der Waals surface area contributed by atoms with Crippen molar-refractivity contribution in [3.8, 4) is 0 Å². The molecule has 0 aliphatic heterocycles. The van der Waals surface area contributed by atoms with E-state index in [9.17, 15) is 4.79 Å². The van der Waals surface area contributed by atoms with Gasteiger partial charge in [0.1, 0.15) is 4.60 Å². The van der Waals surface area contributed by atoms with Crippen LogP contribution in [0.25, 0.3) is 0 Å². The largest absolute Gasteiger partial charge is 0.349 e. The summed E-state index contributed by atoms with van der Waals surface area (Å²) in [6, 6.07) is 11.1. The van der Waals surface area contributed by atoms with Gasteiger partial charge in [-0.1, -0.05) is 23.7 Å². The first-order chi connectivity index (χ1) is 9.54. The van der Waals surface area contributed by atoms with Gasteiger partial charge in [-0.05, 0) is 59.1 Å². The van der Waals surface area contributed by atoms with Gasteiger partial charge in [-0.25, -0.2) is 4.98 Å². The minimum Gasteiger partial charge on any atom is -0.349 e. The first kappa shape index (κ1) is 15.0. The van der Waals surface area contributed by atoms with Crippen LogP contribution in [0.2, 0.25) is 5.02 Å². The van der Waals surface area contributed by atoms with E-state index >= 15 is 0 Å². The maximum atomic E-state index is 12.1. The smallest absolute Gasteiger partial charge is 0.251 e. The lowest BCUT2D eigenvalue weighted by Crippen LogP contribution is -2.34. The molecule has 5 heteroatoms. The van der Waals surface area contributed by atoms with E-state index in [1.807, 2.05) is 31.2 Å². The highest BCUT2D eigenvalue weighted by Gasteiger charge is 2.11. The van der Waals surface area contributed by atoms with E-state index in [-0.39, 0.29) is 11.9 Å². The van der Waals surface area contributed by atoms with Crippen molar-refractivity contribution < 1.29 is 4.79 Å². The van der Waals surface area contributed by atoms with E-state index in [1.165, 1.54) is 0 Å². The summed E-state index contributed by atoms with van der Waals surface area (Å²) in [7, 11) is 0. The van der Waals surface area contributed by atoms with Crippen LogP contribution in [0.4, 0.5) is 0 Å². The molecule has 3 nitrogen and oxygen atoms in total. The fourth-order valence-corrected chi connectivity index (χ4v) is 2.50. The van der Waals surface area contributed by atoms with Crippen LogP contribution >= 0.6 is 27.5 Å². The Morgan fingerprint density at radius 2 is 2.20 bits per heavy atom. The Morgan fingerprint density at radius 3 is 2.90 bits per heavy atom. The van der Waals surface area contributed by atoms with Crippen molar-refractivity contribution in [2.45, 2.75) is 19.4 Å². The maximum Gasteiger partial charge on any atom is 0.251 e. The number of carbonyl (C=O) groups is 1. The summed E-state index contributed by atoms with van der Waals surface area (Å²) in [5.74, 6) is -0.109. The van der Waals surface area contributed by atoms with Gasteiger partial charge in [-0.3, -0.25) is 4.79 Å². The molecule has 2 aromatic rings. The fraction of sp³-hybridized carbons (Fsp3) is 0.200. The molecule has 0 fully saturated rings. The molecule has 0 spiro atoms. The maximum absolute atomic E-state index is 12.1. The van der Waals surface area contributed by atoms with Crippen LogP contribution in [-0.2, 0) is 6.42 Å². The van der Waals surface area contributed by atoms with E-state index < -0.39 is 0 Å². The third-order valence-electron chi connectivity index (χ3n) is 2.80. The monoisotopic (exact) mass is 352 g/mol. The summed E-state index contributed by atoms with van der Waals surface area (Å²) in [5.41, 5.74) is 1.69. The van der Waals surface area contributed by atoms with E-state index in [0.29, 0.717) is 15.2 Å². The van der Waals surface area contributed by atoms with Gasteiger partial charge in [0.05, 0.1) is 0 Å². The second kappa shape index (κ2) is 6.86. The number of pyridine rings is 1. The lowest BCUT2D eigenvalue weighted by Gasteiger charge is -2.14. The van der Waals surface area contributed by atoms with Crippen LogP contribution in [0.1, 0.15) is 22.8 Å². The third-order valence-corrected chi connectivity index (χ3v) is 3.47. The molecule has 1 heterocycles. The van der Waals surface area contributed by atoms with Gasteiger partial charge < -0.3 is 5.32 Å². The molecular formula is C15H14BrClN2O. The zero-order chi connectivity index (χ0) is 14.5. The first-order valence-corrected chi connectivity index (χ1v) is 7.38. The molecule has 0 aliphatic rings. The van der Waals surface area contributed by atoms with Gasteiger partial charge >= 0.3 is 0 Å². The van der Waals surface area contributed by atoms with Crippen LogP contribution in [0.3, 0.4) is 0 Å². The van der Waals surface area contributed by atoms with E-state index in [0.717, 1.165) is 12.0 Å². The Morgan fingerprint density at radius 1 is 1.40 bits per heavy atom. The van der Waals surface area contributed by atoms with E-state index in [1.54, 1.807) is 18.3 Å². The summed E-state index contributed by atoms with van der Waals surface area (Å²) in [6.07, 6.45) is 2.33. The number of nitrogens with zero attached hydrogens (tertiary/aromatic N) is 1. The molecule has 0 saturated heterocycles. The summed E-state index contributed by atoms with van der Waals surface area (Å²) in [6.45, 7) is 1.97. The molecule has 1 amide bonds. The quantitative estimate of drug-likeness (QED) is 0.848. The highest BCUT2D eigenvalue weighted by atomic mass is 79.9. The average molecular weight is 354 g/mol. The lowest BCUT2D eigenvalue weighted by atomic mass is 10.1. The predicted octanol–water partition coefficient (Wildman–Crippen LogP) is 3.86. The highest BCUT2D eigenvalue weighted by molar-refractivity contribution is 9.10. The molecule has 2 rings (SSSR count). The van der Waals surface area contributed by atoms with Gasteiger partial charge in [0.15, 0.2) is 0 Å². The Bertz CT molecular complexity index is 618. The van der Waals surface area contributed by atoms with Gasteiger partial charge in [-0.15, -0.1) is 0 Å². The van der Waals surface area contributed by atoms with Crippen LogP contribution < -0.4 is 5.32 Å². The zero-order valence-corrected chi connectivity index (χ0v) is 13.3. The standard InChI is InChI=1S/C15H14BrClN2O/c1-10(7-11-3-2-4-13(17)8-11)19-15(20)12-5-6-18-14(16)9-12/h2-6,8-10H,7H2,1H3,(H,19,20). The number of hydrogen-bond donors (Lipinski definition) is 1. The Hall–Kier alpha value is -1.39. The Kier molecular flexibility index (Phi) is 5.15. The van der Waals surface area contributed by atoms with Gasteiger partial charge in [0.2, 0.25) is 0 Å². The highest BCUT2D eigenvalue weighted by Crippen LogP contribution is 2.13. The molecule has 1 N–H and O–H groups in total. The molecule has 1 aromatic heterocycles. The molecule has 1 atom stereocenters. The van der Waals surface area contributed by atoms with Crippen molar-refractivity contribution >= 4 is 33.4 Å². The topological polar surface area (TPSA) is 42.0 Å². The second-order valence-corrected chi connectivity index (χ2v) is 5.82.